The molecule has 2 N–H and O–H groups in total. The van der Waals surface area contributed by atoms with E-state index in [9.17, 15) is 0 Å². The Balaban J connectivity index is 2.20. The highest BCUT2D eigenvalue weighted by atomic mass is 79.9. The Bertz CT molecular complexity index is 509. The van der Waals surface area contributed by atoms with Gasteiger partial charge in [0, 0.05) is 29.1 Å². The fourth-order valence-electron chi connectivity index (χ4n) is 1.66. The molecule has 0 aliphatic carbocycles. The highest BCUT2D eigenvalue weighted by Crippen LogP contribution is 2.41. The second kappa shape index (κ2) is 6.23. The van der Waals surface area contributed by atoms with Crippen molar-refractivity contribution in [3.63, 3.8) is 0 Å². The van der Waals surface area contributed by atoms with Crippen molar-refractivity contribution in [1.82, 2.24) is 9.78 Å². The molecule has 2 unspecified atom stereocenters. The molecule has 2 rings (SSSR count). The zero-order valence-corrected chi connectivity index (χ0v) is 13.6. The van der Waals surface area contributed by atoms with E-state index < -0.39 is 0 Å². The highest BCUT2D eigenvalue weighted by molar-refractivity contribution is 9.11. The molecule has 0 bridgehead atoms. The minimum Gasteiger partial charge on any atom is -0.326 e. The van der Waals surface area contributed by atoms with Crippen LogP contribution in [0.15, 0.2) is 33.2 Å². The molecule has 0 aliphatic heterocycles. The average Bonchev–Trinajstić information content (AvgIpc) is 2.94. The maximum Gasteiger partial charge on any atom is 0.0701 e. The maximum atomic E-state index is 6.26. The lowest BCUT2D eigenvalue weighted by atomic mass is 10.1. The fourth-order valence-corrected chi connectivity index (χ4v) is 4.60. The second-order valence-electron chi connectivity index (χ2n) is 4.10. The van der Waals surface area contributed by atoms with Gasteiger partial charge in [-0.05, 0) is 34.5 Å². The lowest BCUT2D eigenvalue weighted by Crippen LogP contribution is -2.25. The molecule has 98 valence electrons. The first kappa shape index (κ1) is 14.1. The SMILES string of the molecule is CCC(N)C(Sc1cnn(C)c1)c1ccc(Br)s1. The molecule has 18 heavy (non-hydrogen) atoms. The molecule has 2 aromatic heterocycles. The molecular formula is C12H16BrN3S2. The van der Waals surface area contributed by atoms with Crippen molar-refractivity contribution >= 4 is 39.0 Å². The maximum absolute atomic E-state index is 6.26. The molecule has 2 aromatic rings. The largest absolute Gasteiger partial charge is 0.326 e. The van der Waals surface area contributed by atoms with Gasteiger partial charge in [-0.1, -0.05) is 6.92 Å². The first-order chi connectivity index (χ1) is 8.60. The molecule has 0 radical (unpaired) electrons. The van der Waals surface area contributed by atoms with E-state index in [4.69, 9.17) is 5.73 Å². The number of thioether (sulfide) groups is 1. The van der Waals surface area contributed by atoms with Crippen LogP contribution in [-0.2, 0) is 7.05 Å². The predicted octanol–water partition coefficient (Wildman–Crippen LogP) is 3.81. The summed E-state index contributed by atoms with van der Waals surface area (Å²) in [5, 5.41) is 4.49. The van der Waals surface area contributed by atoms with Crippen molar-refractivity contribution in [2.75, 3.05) is 0 Å². The van der Waals surface area contributed by atoms with Gasteiger partial charge in [0.1, 0.15) is 0 Å². The third-order valence-corrected chi connectivity index (χ3v) is 5.88. The van der Waals surface area contributed by atoms with Crippen LogP contribution in [0.4, 0.5) is 0 Å². The summed E-state index contributed by atoms with van der Waals surface area (Å²) in [6.45, 7) is 2.13. The zero-order valence-electron chi connectivity index (χ0n) is 10.3. The van der Waals surface area contributed by atoms with Gasteiger partial charge in [0.15, 0.2) is 0 Å². The van der Waals surface area contributed by atoms with Crippen LogP contribution in [0.2, 0.25) is 0 Å². The Morgan fingerprint density at radius 3 is 2.83 bits per heavy atom. The minimum absolute atomic E-state index is 0.153. The standard InChI is InChI=1S/C12H16BrN3S2/c1-3-9(14)12(10-4-5-11(13)18-10)17-8-6-15-16(2)7-8/h4-7,9,12H,3,14H2,1-2H3. The summed E-state index contributed by atoms with van der Waals surface area (Å²) in [6, 6.07) is 4.39. The van der Waals surface area contributed by atoms with Crippen LogP contribution in [0.1, 0.15) is 23.5 Å². The Morgan fingerprint density at radius 1 is 1.56 bits per heavy atom. The van der Waals surface area contributed by atoms with Crippen LogP contribution >= 0.6 is 39.0 Å². The molecule has 0 fully saturated rings. The van der Waals surface area contributed by atoms with E-state index in [0.717, 1.165) is 15.1 Å². The number of hydrogen-bond acceptors (Lipinski definition) is 4. The first-order valence-corrected chi connectivity index (χ1v) is 8.25. The van der Waals surface area contributed by atoms with Gasteiger partial charge < -0.3 is 5.73 Å². The molecule has 0 aromatic carbocycles. The Morgan fingerprint density at radius 2 is 2.33 bits per heavy atom. The number of thiophene rings is 1. The van der Waals surface area contributed by atoms with Crippen molar-refractivity contribution in [2.24, 2.45) is 12.8 Å². The first-order valence-electron chi connectivity index (χ1n) is 5.76. The monoisotopic (exact) mass is 345 g/mol. The van der Waals surface area contributed by atoms with Gasteiger partial charge in [0.25, 0.3) is 0 Å². The fraction of sp³-hybridized carbons (Fsp3) is 0.417. The van der Waals surface area contributed by atoms with Gasteiger partial charge in [-0.2, -0.15) is 5.10 Å². The summed E-state index contributed by atoms with van der Waals surface area (Å²) < 4.78 is 2.97. The number of aryl methyl sites for hydroxylation is 1. The van der Waals surface area contributed by atoms with Crippen molar-refractivity contribution in [3.05, 3.63) is 33.2 Å². The van der Waals surface area contributed by atoms with E-state index in [1.165, 1.54) is 4.88 Å². The van der Waals surface area contributed by atoms with E-state index in [2.05, 4.69) is 40.1 Å². The van der Waals surface area contributed by atoms with Crippen LogP contribution in [-0.4, -0.2) is 15.8 Å². The number of nitrogens with zero attached hydrogens (tertiary/aromatic N) is 2. The Hall–Kier alpha value is -0.300. The van der Waals surface area contributed by atoms with Gasteiger partial charge in [0.2, 0.25) is 0 Å². The topological polar surface area (TPSA) is 43.8 Å². The van der Waals surface area contributed by atoms with E-state index in [1.807, 2.05) is 24.1 Å². The quantitative estimate of drug-likeness (QED) is 0.837. The molecule has 0 saturated heterocycles. The van der Waals surface area contributed by atoms with Gasteiger partial charge in [0.05, 0.1) is 15.2 Å². The summed E-state index contributed by atoms with van der Waals surface area (Å²) in [4.78, 5) is 2.47. The third kappa shape index (κ3) is 3.38. The van der Waals surface area contributed by atoms with Gasteiger partial charge in [-0.3, -0.25) is 4.68 Å². The Kier molecular flexibility index (Phi) is 4.89. The van der Waals surface area contributed by atoms with Crippen LogP contribution in [0.3, 0.4) is 0 Å². The number of hydrogen-bond donors (Lipinski definition) is 1. The average molecular weight is 346 g/mol. The van der Waals surface area contributed by atoms with E-state index >= 15 is 0 Å². The second-order valence-corrected chi connectivity index (χ2v) is 7.81. The van der Waals surface area contributed by atoms with Crippen molar-refractivity contribution in [2.45, 2.75) is 29.5 Å². The van der Waals surface area contributed by atoms with E-state index in [0.29, 0.717) is 0 Å². The van der Waals surface area contributed by atoms with Crippen LogP contribution in [0.5, 0.6) is 0 Å². The Labute approximate surface area is 124 Å². The highest BCUT2D eigenvalue weighted by Gasteiger charge is 2.22. The summed E-state index contributed by atoms with van der Waals surface area (Å²) in [5.41, 5.74) is 6.26. The van der Waals surface area contributed by atoms with Gasteiger partial charge >= 0.3 is 0 Å². The molecular weight excluding hydrogens is 330 g/mol. The normalized spacial score (nSPS) is 14.7. The molecule has 2 heterocycles. The summed E-state index contributed by atoms with van der Waals surface area (Å²) in [6.07, 6.45) is 4.89. The number of halogens is 1. The lowest BCUT2D eigenvalue weighted by molar-refractivity contribution is 0.640. The number of nitrogens with two attached hydrogens (primary N) is 1. The molecule has 2 atom stereocenters. The lowest BCUT2D eigenvalue weighted by Gasteiger charge is -2.20. The van der Waals surface area contributed by atoms with Crippen molar-refractivity contribution < 1.29 is 0 Å². The number of rotatable bonds is 5. The molecule has 0 saturated carbocycles. The van der Waals surface area contributed by atoms with Crippen LogP contribution in [0.25, 0.3) is 0 Å². The zero-order chi connectivity index (χ0) is 13.1. The number of aromatic nitrogens is 2. The van der Waals surface area contributed by atoms with Crippen LogP contribution in [0, 0.1) is 0 Å². The van der Waals surface area contributed by atoms with E-state index in [1.54, 1.807) is 23.1 Å². The van der Waals surface area contributed by atoms with Crippen molar-refractivity contribution in [1.29, 1.82) is 0 Å². The summed E-state index contributed by atoms with van der Waals surface area (Å²) in [5.74, 6) is 0. The summed E-state index contributed by atoms with van der Waals surface area (Å²) >= 11 is 7.06. The molecule has 6 heteroatoms. The predicted molar refractivity (Wildman–Crippen MR) is 82.1 cm³/mol. The third-order valence-electron chi connectivity index (χ3n) is 2.68. The van der Waals surface area contributed by atoms with Gasteiger partial charge in [-0.15, -0.1) is 23.1 Å². The molecule has 0 spiro atoms. The molecule has 0 amide bonds. The van der Waals surface area contributed by atoms with Crippen molar-refractivity contribution in [3.8, 4) is 0 Å². The van der Waals surface area contributed by atoms with E-state index in [-0.39, 0.29) is 11.3 Å². The molecule has 0 aliphatic rings. The summed E-state index contributed by atoms with van der Waals surface area (Å²) in [7, 11) is 1.93. The smallest absolute Gasteiger partial charge is 0.0701 e. The molecule has 3 nitrogen and oxygen atoms in total. The minimum atomic E-state index is 0.153. The van der Waals surface area contributed by atoms with Crippen LogP contribution < -0.4 is 5.73 Å². The van der Waals surface area contributed by atoms with Gasteiger partial charge in [-0.25, -0.2) is 0 Å².